The number of benzene rings is 1. The molecule has 0 fully saturated rings. The minimum atomic E-state index is -4.41. The van der Waals surface area contributed by atoms with Crippen molar-refractivity contribution in [3.8, 4) is 10.4 Å². The van der Waals surface area contributed by atoms with Crippen LogP contribution < -0.4 is 0 Å². The highest BCUT2D eigenvalue weighted by molar-refractivity contribution is 7.17. The highest BCUT2D eigenvalue weighted by Gasteiger charge is 2.31. The SMILES string of the molecule is CCc1ccc(C(F)(F)F)cc1-c1ccc(C(=O)O)s1.Fc1cccnc1. The van der Waals surface area contributed by atoms with Crippen molar-refractivity contribution in [2.75, 3.05) is 0 Å². The van der Waals surface area contributed by atoms with Crippen LogP contribution >= 0.6 is 11.3 Å². The number of carboxylic acids is 1. The normalized spacial score (nSPS) is 10.9. The van der Waals surface area contributed by atoms with Gasteiger partial charge < -0.3 is 5.11 Å². The van der Waals surface area contributed by atoms with E-state index in [4.69, 9.17) is 5.11 Å². The first-order valence-corrected chi connectivity index (χ1v) is 8.63. The molecule has 1 N–H and O–H groups in total. The minimum absolute atomic E-state index is 0.111. The summed E-state index contributed by atoms with van der Waals surface area (Å²) in [5, 5.41) is 8.89. The fourth-order valence-electron chi connectivity index (χ4n) is 2.23. The molecule has 142 valence electrons. The summed E-state index contributed by atoms with van der Waals surface area (Å²) in [7, 11) is 0. The fraction of sp³-hybridized carbons (Fsp3) is 0.158. The Bertz CT molecular complexity index is 908. The van der Waals surface area contributed by atoms with Crippen LogP contribution in [0.5, 0.6) is 0 Å². The number of halogens is 4. The van der Waals surface area contributed by atoms with Crippen molar-refractivity contribution in [3.05, 3.63) is 76.7 Å². The van der Waals surface area contributed by atoms with Crippen molar-refractivity contribution in [3.63, 3.8) is 0 Å². The van der Waals surface area contributed by atoms with Gasteiger partial charge in [0.1, 0.15) is 10.7 Å². The van der Waals surface area contributed by atoms with Crippen molar-refractivity contribution >= 4 is 17.3 Å². The zero-order valence-electron chi connectivity index (χ0n) is 14.1. The lowest BCUT2D eigenvalue weighted by atomic mass is 10.0. The molecule has 3 rings (SSSR count). The first-order valence-electron chi connectivity index (χ1n) is 7.81. The van der Waals surface area contributed by atoms with Crippen LogP contribution in [0.25, 0.3) is 10.4 Å². The molecule has 0 saturated carbocycles. The molecule has 0 spiro atoms. The van der Waals surface area contributed by atoms with E-state index >= 15 is 0 Å². The van der Waals surface area contributed by atoms with Crippen LogP contribution in [0, 0.1) is 5.82 Å². The van der Waals surface area contributed by atoms with Gasteiger partial charge in [0, 0.05) is 11.1 Å². The Labute approximate surface area is 156 Å². The van der Waals surface area contributed by atoms with Crippen LogP contribution in [0.3, 0.4) is 0 Å². The number of pyridine rings is 1. The van der Waals surface area contributed by atoms with Gasteiger partial charge in [0.05, 0.1) is 11.8 Å². The van der Waals surface area contributed by atoms with E-state index in [-0.39, 0.29) is 10.7 Å². The van der Waals surface area contributed by atoms with Crippen LogP contribution in [0.15, 0.2) is 54.9 Å². The van der Waals surface area contributed by atoms with Crippen molar-refractivity contribution in [1.82, 2.24) is 4.98 Å². The molecule has 2 heterocycles. The molecule has 0 aliphatic carbocycles. The second-order valence-electron chi connectivity index (χ2n) is 5.36. The summed E-state index contributed by atoms with van der Waals surface area (Å²) in [4.78, 5) is 15.0. The van der Waals surface area contributed by atoms with Gasteiger partial charge in [0.25, 0.3) is 0 Å². The Morgan fingerprint density at radius 1 is 1.19 bits per heavy atom. The molecule has 2 aromatic heterocycles. The number of rotatable bonds is 3. The number of hydrogen-bond donors (Lipinski definition) is 1. The van der Waals surface area contributed by atoms with Crippen molar-refractivity contribution in [1.29, 1.82) is 0 Å². The summed E-state index contributed by atoms with van der Waals surface area (Å²) in [5.74, 6) is -1.37. The number of carbonyl (C=O) groups is 1. The number of carboxylic acid groups (broad SMARTS) is 1. The van der Waals surface area contributed by atoms with E-state index in [9.17, 15) is 22.4 Å². The van der Waals surface area contributed by atoms with Gasteiger partial charge in [-0.1, -0.05) is 13.0 Å². The lowest BCUT2D eigenvalue weighted by Crippen LogP contribution is -2.05. The molecular weight excluding hydrogens is 382 g/mol. The van der Waals surface area contributed by atoms with E-state index in [0.29, 0.717) is 16.9 Å². The molecule has 3 nitrogen and oxygen atoms in total. The molecule has 0 radical (unpaired) electrons. The topological polar surface area (TPSA) is 50.2 Å². The molecule has 0 atom stereocenters. The Morgan fingerprint density at radius 2 is 1.93 bits per heavy atom. The Kier molecular flexibility index (Phi) is 6.68. The number of aryl methyl sites for hydroxylation is 1. The maximum Gasteiger partial charge on any atom is 0.416 e. The van der Waals surface area contributed by atoms with Gasteiger partial charge in [-0.25, -0.2) is 9.18 Å². The van der Waals surface area contributed by atoms with Gasteiger partial charge in [0.15, 0.2) is 0 Å². The lowest BCUT2D eigenvalue weighted by molar-refractivity contribution is -0.137. The van der Waals surface area contributed by atoms with E-state index in [1.54, 1.807) is 12.1 Å². The molecule has 3 aromatic rings. The molecular formula is C19H15F4NO2S. The third-order valence-electron chi connectivity index (χ3n) is 3.53. The summed E-state index contributed by atoms with van der Waals surface area (Å²) >= 11 is 0.976. The standard InChI is InChI=1S/C14H11F3O2S.C5H4FN/c1-2-8-3-4-9(14(15,16)17)7-10(8)11-5-6-12(20-11)13(18)19;6-5-2-1-3-7-4-5/h3-7H,2H2,1H3,(H,18,19);1-4H. The average Bonchev–Trinajstić information content (AvgIpc) is 3.12. The number of alkyl halides is 3. The van der Waals surface area contributed by atoms with Crippen molar-refractivity contribution in [2.24, 2.45) is 0 Å². The quantitative estimate of drug-likeness (QED) is 0.559. The molecule has 27 heavy (non-hydrogen) atoms. The highest BCUT2D eigenvalue weighted by atomic mass is 32.1. The van der Waals surface area contributed by atoms with Crippen LogP contribution in [-0.2, 0) is 12.6 Å². The Hall–Kier alpha value is -2.74. The van der Waals surface area contributed by atoms with Gasteiger partial charge in [-0.15, -0.1) is 11.3 Å². The number of aromatic nitrogens is 1. The maximum atomic E-state index is 12.8. The fourth-order valence-corrected chi connectivity index (χ4v) is 3.13. The number of thiophene rings is 1. The van der Waals surface area contributed by atoms with Gasteiger partial charge in [-0.2, -0.15) is 13.2 Å². The Morgan fingerprint density at radius 3 is 2.37 bits per heavy atom. The van der Waals surface area contributed by atoms with Crippen LogP contribution in [0.2, 0.25) is 0 Å². The van der Waals surface area contributed by atoms with E-state index in [0.717, 1.165) is 29.0 Å². The van der Waals surface area contributed by atoms with E-state index in [2.05, 4.69) is 4.98 Å². The molecule has 1 aromatic carbocycles. The van der Waals surface area contributed by atoms with Gasteiger partial charge in [0.2, 0.25) is 0 Å². The summed E-state index contributed by atoms with van der Waals surface area (Å²) in [6.45, 7) is 1.85. The Balaban J connectivity index is 0.000000313. The second-order valence-corrected chi connectivity index (χ2v) is 6.45. The smallest absolute Gasteiger partial charge is 0.416 e. The maximum absolute atomic E-state index is 12.8. The van der Waals surface area contributed by atoms with Crippen LogP contribution in [0.1, 0.15) is 27.7 Å². The zero-order valence-corrected chi connectivity index (χ0v) is 14.9. The molecule has 0 aliphatic heterocycles. The monoisotopic (exact) mass is 397 g/mol. The number of hydrogen-bond acceptors (Lipinski definition) is 3. The van der Waals surface area contributed by atoms with Crippen LogP contribution in [0.4, 0.5) is 17.6 Å². The summed E-state index contributed by atoms with van der Waals surface area (Å²) in [5.41, 5.74) is 0.478. The first-order chi connectivity index (χ1) is 12.7. The zero-order chi connectivity index (χ0) is 20.0. The van der Waals surface area contributed by atoms with E-state index in [1.807, 2.05) is 6.92 Å². The van der Waals surface area contributed by atoms with Gasteiger partial charge in [-0.05, 0) is 53.9 Å². The van der Waals surface area contributed by atoms with E-state index in [1.165, 1.54) is 30.6 Å². The lowest BCUT2D eigenvalue weighted by Gasteiger charge is -2.11. The predicted molar refractivity (Wildman–Crippen MR) is 95.3 cm³/mol. The summed E-state index contributed by atoms with van der Waals surface area (Å²) in [6, 6.07) is 9.43. The molecule has 0 bridgehead atoms. The largest absolute Gasteiger partial charge is 0.477 e. The predicted octanol–water partition coefficient (Wildman–Crippen LogP) is 5.92. The molecule has 0 unspecified atom stereocenters. The molecule has 8 heteroatoms. The molecule has 0 saturated heterocycles. The van der Waals surface area contributed by atoms with Gasteiger partial charge in [-0.3, -0.25) is 4.98 Å². The second kappa shape index (κ2) is 8.77. The summed E-state index contributed by atoms with van der Waals surface area (Å²) in [6.07, 6.45) is -1.13. The van der Waals surface area contributed by atoms with Gasteiger partial charge >= 0.3 is 12.1 Å². The minimum Gasteiger partial charge on any atom is -0.477 e. The molecule has 0 aliphatic rings. The third-order valence-corrected chi connectivity index (χ3v) is 4.63. The van der Waals surface area contributed by atoms with Crippen LogP contribution in [-0.4, -0.2) is 16.1 Å². The highest BCUT2D eigenvalue weighted by Crippen LogP contribution is 2.36. The van der Waals surface area contributed by atoms with Crippen molar-refractivity contribution < 1.29 is 27.5 Å². The molecule has 0 amide bonds. The number of nitrogens with zero attached hydrogens (tertiary/aromatic N) is 1. The third kappa shape index (κ3) is 5.62. The summed E-state index contributed by atoms with van der Waals surface area (Å²) < 4.78 is 50.1. The first kappa shape index (κ1) is 20.6. The van der Waals surface area contributed by atoms with Crippen molar-refractivity contribution in [2.45, 2.75) is 19.5 Å². The number of aromatic carboxylic acids is 1. The average molecular weight is 397 g/mol. The van der Waals surface area contributed by atoms with E-state index < -0.39 is 17.7 Å².